The van der Waals surface area contributed by atoms with Crippen molar-refractivity contribution in [3.05, 3.63) is 23.3 Å². The highest BCUT2D eigenvalue weighted by Crippen LogP contribution is 2.43. The minimum atomic E-state index is 0.0888. The Morgan fingerprint density at radius 1 is 1.29 bits per heavy atom. The summed E-state index contributed by atoms with van der Waals surface area (Å²) in [5.74, 6) is 1.68. The van der Waals surface area contributed by atoms with Crippen molar-refractivity contribution in [1.29, 1.82) is 0 Å². The number of hydrogen-bond acceptors (Lipinski definition) is 2. The zero-order valence-corrected chi connectivity index (χ0v) is 9.10. The van der Waals surface area contributed by atoms with Gasteiger partial charge in [0.15, 0.2) is 0 Å². The van der Waals surface area contributed by atoms with Crippen molar-refractivity contribution >= 4 is 11.6 Å². The van der Waals surface area contributed by atoms with Crippen LogP contribution in [0.2, 0.25) is 0 Å². The van der Waals surface area contributed by atoms with Crippen LogP contribution in [-0.4, -0.2) is 14.2 Å². The molecule has 1 aliphatic carbocycles. The lowest BCUT2D eigenvalue weighted by molar-refractivity contribution is 0.391. The molecule has 14 heavy (non-hydrogen) atoms. The van der Waals surface area contributed by atoms with Crippen molar-refractivity contribution in [2.24, 2.45) is 0 Å². The molecule has 3 heteroatoms. The third kappa shape index (κ3) is 1.44. The quantitative estimate of drug-likeness (QED) is 0.702. The highest BCUT2D eigenvalue weighted by atomic mass is 35.5. The van der Waals surface area contributed by atoms with Crippen LogP contribution in [0, 0.1) is 0 Å². The van der Waals surface area contributed by atoms with Crippen LogP contribution in [-0.2, 0) is 6.42 Å². The lowest BCUT2D eigenvalue weighted by atomic mass is 10.1. The van der Waals surface area contributed by atoms with Crippen LogP contribution in [0.25, 0.3) is 0 Å². The fourth-order valence-corrected chi connectivity index (χ4v) is 2.29. The number of aryl methyl sites for hydroxylation is 1. The van der Waals surface area contributed by atoms with Gasteiger partial charge >= 0.3 is 0 Å². The van der Waals surface area contributed by atoms with E-state index in [0.717, 1.165) is 29.9 Å². The van der Waals surface area contributed by atoms with Gasteiger partial charge in [-0.25, -0.2) is 0 Å². The average Bonchev–Trinajstić information content (AvgIpc) is 2.59. The number of hydrogen-bond donors (Lipinski definition) is 0. The summed E-state index contributed by atoms with van der Waals surface area (Å²) in [6, 6.07) is 3.93. The Kier molecular flexibility index (Phi) is 2.55. The molecule has 1 aliphatic rings. The molecule has 1 aromatic carbocycles. The van der Waals surface area contributed by atoms with Gasteiger partial charge < -0.3 is 9.47 Å². The van der Waals surface area contributed by atoms with E-state index in [-0.39, 0.29) is 5.38 Å². The second kappa shape index (κ2) is 3.70. The number of methoxy groups -OCH3 is 2. The molecule has 0 heterocycles. The maximum Gasteiger partial charge on any atom is 0.127 e. The molecule has 0 amide bonds. The van der Waals surface area contributed by atoms with Crippen molar-refractivity contribution in [3.63, 3.8) is 0 Å². The molecule has 0 N–H and O–H groups in total. The number of ether oxygens (including phenoxy) is 2. The molecule has 2 nitrogen and oxygen atoms in total. The molecule has 1 aromatic rings. The Hall–Kier alpha value is -0.890. The summed E-state index contributed by atoms with van der Waals surface area (Å²) in [6.45, 7) is 0. The minimum absolute atomic E-state index is 0.0888. The van der Waals surface area contributed by atoms with Gasteiger partial charge in [0.25, 0.3) is 0 Å². The molecule has 0 saturated carbocycles. The van der Waals surface area contributed by atoms with Crippen LogP contribution in [0.5, 0.6) is 11.5 Å². The highest BCUT2D eigenvalue weighted by Gasteiger charge is 2.25. The van der Waals surface area contributed by atoms with Crippen molar-refractivity contribution in [1.82, 2.24) is 0 Å². The first-order valence-electron chi connectivity index (χ1n) is 4.65. The van der Waals surface area contributed by atoms with Crippen molar-refractivity contribution < 1.29 is 9.47 Å². The Balaban J connectivity index is 2.52. The van der Waals surface area contributed by atoms with E-state index >= 15 is 0 Å². The fourth-order valence-electron chi connectivity index (χ4n) is 1.93. The summed E-state index contributed by atoms with van der Waals surface area (Å²) in [4.78, 5) is 0. The van der Waals surface area contributed by atoms with E-state index < -0.39 is 0 Å². The van der Waals surface area contributed by atoms with E-state index in [2.05, 4.69) is 0 Å². The lowest BCUT2D eigenvalue weighted by Crippen LogP contribution is -1.94. The van der Waals surface area contributed by atoms with Crippen LogP contribution in [0.15, 0.2) is 12.1 Å². The van der Waals surface area contributed by atoms with Crippen LogP contribution >= 0.6 is 11.6 Å². The molecular formula is C11H13ClO2. The number of fused-ring (bicyclic) bond motifs is 1. The minimum Gasteiger partial charge on any atom is -0.497 e. The topological polar surface area (TPSA) is 18.5 Å². The fraction of sp³-hybridized carbons (Fsp3) is 0.455. The molecule has 0 fully saturated rings. The van der Waals surface area contributed by atoms with Gasteiger partial charge in [-0.05, 0) is 24.5 Å². The van der Waals surface area contributed by atoms with E-state index in [4.69, 9.17) is 21.1 Å². The van der Waals surface area contributed by atoms with E-state index in [9.17, 15) is 0 Å². The van der Waals surface area contributed by atoms with Crippen LogP contribution in [0.1, 0.15) is 22.9 Å². The zero-order valence-electron chi connectivity index (χ0n) is 8.34. The number of halogens is 1. The Bertz CT molecular complexity index is 349. The molecule has 2 rings (SSSR count). The summed E-state index contributed by atoms with van der Waals surface area (Å²) in [5.41, 5.74) is 2.39. The van der Waals surface area contributed by atoms with E-state index in [0.29, 0.717) is 0 Å². The van der Waals surface area contributed by atoms with Crippen LogP contribution in [0.4, 0.5) is 0 Å². The summed E-state index contributed by atoms with van der Waals surface area (Å²) in [5, 5.41) is 0.0888. The first-order chi connectivity index (χ1) is 6.76. The zero-order chi connectivity index (χ0) is 10.1. The molecule has 0 aliphatic heterocycles. The monoisotopic (exact) mass is 212 g/mol. The Labute approximate surface area is 88.8 Å². The normalized spacial score (nSPS) is 19.2. The largest absolute Gasteiger partial charge is 0.497 e. The van der Waals surface area contributed by atoms with Gasteiger partial charge in [-0.2, -0.15) is 0 Å². The van der Waals surface area contributed by atoms with Gasteiger partial charge in [0.2, 0.25) is 0 Å². The van der Waals surface area contributed by atoms with Gasteiger partial charge in [-0.1, -0.05) is 0 Å². The van der Waals surface area contributed by atoms with Gasteiger partial charge in [0, 0.05) is 11.6 Å². The average molecular weight is 213 g/mol. The first-order valence-corrected chi connectivity index (χ1v) is 5.08. The highest BCUT2D eigenvalue weighted by molar-refractivity contribution is 6.21. The van der Waals surface area contributed by atoms with E-state index in [1.165, 1.54) is 5.56 Å². The molecule has 0 aromatic heterocycles. The third-order valence-corrected chi connectivity index (χ3v) is 3.07. The maximum absolute atomic E-state index is 6.20. The van der Waals surface area contributed by atoms with Crippen molar-refractivity contribution in [2.45, 2.75) is 18.2 Å². The number of benzene rings is 1. The van der Waals surface area contributed by atoms with Crippen molar-refractivity contribution in [3.8, 4) is 11.5 Å². The van der Waals surface area contributed by atoms with Gasteiger partial charge in [-0.3, -0.25) is 0 Å². The van der Waals surface area contributed by atoms with Crippen molar-refractivity contribution in [2.75, 3.05) is 14.2 Å². The molecular weight excluding hydrogens is 200 g/mol. The molecule has 1 unspecified atom stereocenters. The summed E-state index contributed by atoms with van der Waals surface area (Å²) in [6.07, 6.45) is 2.00. The second-order valence-corrected chi connectivity index (χ2v) is 3.94. The SMILES string of the molecule is COc1cc2c(c(OC)c1)C(Cl)CC2. The maximum atomic E-state index is 6.20. The van der Waals surface area contributed by atoms with Gasteiger partial charge in [0.05, 0.1) is 19.6 Å². The molecule has 1 atom stereocenters. The second-order valence-electron chi connectivity index (χ2n) is 3.41. The summed E-state index contributed by atoms with van der Waals surface area (Å²) < 4.78 is 10.5. The predicted octanol–water partition coefficient (Wildman–Crippen LogP) is 2.93. The van der Waals surface area contributed by atoms with E-state index in [1.54, 1.807) is 14.2 Å². The van der Waals surface area contributed by atoms with Gasteiger partial charge in [-0.15, -0.1) is 11.6 Å². The molecule has 0 saturated heterocycles. The summed E-state index contributed by atoms with van der Waals surface area (Å²) in [7, 11) is 3.32. The lowest BCUT2D eigenvalue weighted by Gasteiger charge is -2.11. The number of rotatable bonds is 2. The van der Waals surface area contributed by atoms with Crippen LogP contribution < -0.4 is 9.47 Å². The summed E-state index contributed by atoms with van der Waals surface area (Å²) >= 11 is 6.20. The molecule has 0 bridgehead atoms. The van der Waals surface area contributed by atoms with E-state index in [1.807, 2.05) is 12.1 Å². The van der Waals surface area contributed by atoms with Crippen LogP contribution in [0.3, 0.4) is 0 Å². The third-order valence-electron chi connectivity index (χ3n) is 2.64. The first kappa shape index (κ1) is 9.66. The molecule has 0 spiro atoms. The standard InChI is InChI=1S/C11H13ClO2/c1-13-8-5-7-3-4-9(12)11(7)10(6-8)14-2/h5-6,9H,3-4H2,1-2H3. The molecule has 76 valence electrons. The number of alkyl halides is 1. The predicted molar refractivity (Wildman–Crippen MR) is 56.5 cm³/mol. The Morgan fingerprint density at radius 3 is 2.71 bits per heavy atom. The van der Waals surface area contributed by atoms with Gasteiger partial charge in [0.1, 0.15) is 11.5 Å². The smallest absolute Gasteiger partial charge is 0.127 e. The molecule has 0 radical (unpaired) electrons. The Morgan fingerprint density at radius 2 is 2.07 bits per heavy atom.